The molecule has 0 bridgehead atoms. The molecule has 7 nitrogen and oxygen atoms in total. The number of allylic oxidation sites excluding steroid dienone is 1. The van der Waals surface area contributed by atoms with Crippen LogP contribution in [0.5, 0.6) is 0 Å². The number of carbonyl (C=O) groups is 2. The van der Waals surface area contributed by atoms with Crippen molar-refractivity contribution in [2.24, 2.45) is 10.9 Å². The zero-order valence-electron chi connectivity index (χ0n) is 24.5. The molecule has 6 rings (SSSR count). The van der Waals surface area contributed by atoms with Crippen LogP contribution in [-0.2, 0) is 9.59 Å². The minimum absolute atomic E-state index is 0.0575. The van der Waals surface area contributed by atoms with E-state index >= 15 is 0 Å². The minimum atomic E-state index is -0.411. The molecule has 0 aromatic heterocycles. The molecular weight excluding hydrogens is 589 g/mol. The molecule has 0 spiro atoms. The standard InChI is InChI=1S/C32H37Cl2N5O2S/c1-19(2)27-29(31(41)38-16-5-6-25(38)30(40)37-17-15-24(18-37)36(3)4)42-32-35-26(20-7-11-22(33)12-8-20)28(39(27)32)21-9-13-23(34)14-10-21/h7-14,19,24-26,28H,5-6,15-18H2,1-4H3/t24-,25-,26-,28+/m0/s1. The molecule has 2 amide bonds. The molecule has 0 aliphatic carbocycles. The number of carbonyl (C=O) groups excluding carboxylic acids is 2. The van der Waals surface area contributed by atoms with E-state index < -0.39 is 6.04 Å². The summed E-state index contributed by atoms with van der Waals surface area (Å²) in [5, 5.41) is 2.17. The third-order valence-electron chi connectivity index (χ3n) is 8.89. The number of amidine groups is 1. The lowest BCUT2D eigenvalue weighted by atomic mass is 9.92. The van der Waals surface area contributed by atoms with Crippen molar-refractivity contribution < 1.29 is 9.59 Å². The van der Waals surface area contributed by atoms with E-state index in [1.54, 1.807) is 0 Å². The fourth-order valence-corrected chi connectivity index (χ4v) is 8.22. The van der Waals surface area contributed by atoms with Crippen LogP contribution in [0.2, 0.25) is 10.0 Å². The van der Waals surface area contributed by atoms with Crippen molar-refractivity contribution in [3.8, 4) is 0 Å². The Morgan fingerprint density at radius 2 is 1.60 bits per heavy atom. The lowest BCUT2D eigenvalue weighted by molar-refractivity contribution is -0.141. The maximum absolute atomic E-state index is 14.3. The summed E-state index contributed by atoms with van der Waals surface area (Å²) in [6.45, 7) is 6.31. The molecule has 0 N–H and O–H groups in total. The van der Waals surface area contributed by atoms with Crippen molar-refractivity contribution in [2.45, 2.75) is 57.3 Å². The van der Waals surface area contributed by atoms with Gasteiger partial charge < -0.3 is 19.6 Å². The number of hydrogen-bond donors (Lipinski definition) is 0. The second-order valence-electron chi connectivity index (χ2n) is 12.1. The number of thioether (sulfide) groups is 1. The van der Waals surface area contributed by atoms with Gasteiger partial charge in [-0.25, -0.2) is 0 Å². The van der Waals surface area contributed by atoms with E-state index in [0.29, 0.717) is 34.0 Å². The van der Waals surface area contributed by atoms with Gasteiger partial charge in [0, 0.05) is 41.4 Å². The summed E-state index contributed by atoms with van der Waals surface area (Å²) >= 11 is 13.9. The first-order valence-electron chi connectivity index (χ1n) is 14.7. The highest BCUT2D eigenvalue weighted by Crippen LogP contribution is 2.53. The van der Waals surface area contributed by atoms with Crippen LogP contribution >= 0.6 is 35.0 Å². The maximum atomic E-state index is 14.3. The van der Waals surface area contributed by atoms with Crippen LogP contribution in [0, 0.1) is 5.92 Å². The van der Waals surface area contributed by atoms with Crippen molar-refractivity contribution in [3.63, 3.8) is 0 Å². The summed E-state index contributed by atoms with van der Waals surface area (Å²) in [6.07, 6.45) is 2.51. The van der Waals surface area contributed by atoms with Crippen molar-refractivity contribution in [3.05, 3.63) is 80.3 Å². The van der Waals surface area contributed by atoms with E-state index in [2.05, 4.69) is 37.7 Å². The fourth-order valence-electron chi connectivity index (χ4n) is 6.67. The normalized spacial score (nSPS) is 25.7. The number of nitrogens with zero attached hydrogens (tertiary/aromatic N) is 5. The molecule has 2 saturated heterocycles. The lowest BCUT2D eigenvalue weighted by Gasteiger charge is -2.32. The Balaban J connectivity index is 1.33. The topological polar surface area (TPSA) is 59.5 Å². The Kier molecular flexibility index (Phi) is 8.35. The molecule has 4 aliphatic heterocycles. The van der Waals surface area contributed by atoms with E-state index in [9.17, 15) is 9.59 Å². The number of likely N-dealkylation sites (tertiary alicyclic amines) is 2. The first-order chi connectivity index (χ1) is 20.1. The molecule has 2 aromatic rings. The van der Waals surface area contributed by atoms with Gasteiger partial charge in [-0.05, 0) is 86.4 Å². The predicted molar refractivity (Wildman–Crippen MR) is 171 cm³/mol. The van der Waals surface area contributed by atoms with Crippen molar-refractivity contribution in [1.82, 2.24) is 19.6 Å². The molecular formula is C32H37Cl2N5O2S. The van der Waals surface area contributed by atoms with Crippen molar-refractivity contribution >= 4 is 51.9 Å². The molecule has 0 saturated carbocycles. The molecule has 4 aliphatic rings. The van der Waals surface area contributed by atoms with Gasteiger partial charge in [0.05, 0.1) is 6.04 Å². The first kappa shape index (κ1) is 29.5. The largest absolute Gasteiger partial charge is 0.339 e. The lowest BCUT2D eigenvalue weighted by Crippen LogP contribution is -2.48. The number of likely N-dealkylation sites (N-methyl/N-ethyl adjacent to an activating group) is 1. The average Bonchev–Trinajstić information content (AvgIpc) is 3.76. The quantitative estimate of drug-likeness (QED) is 0.382. The summed E-state index contributed by atoms with van der Waals surface area (Å²) in [5.74, 6) is 0.0941. The average molecular weight is 627 g/mol. The summed E-state index contributed by atoms with van der Waals surface area (Å²) in [7, 11) is 4.12. The number of benzene rings is 2. The molecule has 4 atom stereocenters. The molecule has 42 heavy (non-hydrogen) atoms. The second kappa shape index (κ2) is 11.9. The van der Waals surface area contributed by atoms with Crippen molar-refractivity contribution in [2.75, 3.05) is 33.7 Å². The Labute approximate surface area is 262 Å². The Morgan fingerprint density at radius 3 is 2.19 bits per heavy atom. The number of amides is 2. The van der Waals surface area contributed by atoms with Gasteiger partial charge in [-0.15, -0.1) is 0 Å². The van der Waals surface area contributed by atoms with Gasteiger partial charge in [-0.3, -0.25) is 14.6 Å². The molecule has 2 aromatic carbocycles. The number of aliphatic imine (C=N–C) groups is 1. The smallest absolute Gasteiger partial charge is 0.263 e. The molecule has 4 heterocycles. The van der Waals surface area contributed by atoms with Gasteiger partial charge in [0.15, 0.2) is 5.17 Å². The number of rotatable bonds is 6. The molecule has 222 valence electrons. The van der Waals surface area contributed by atoms with Crippen LogP contribution in [0.25, 0.3) is 0 Å². The summed E-state index contributed by atoms with van der Waals surface area (Å²) in [6, 6.07) is 15.4. The summed E-state index contributed by atoms with van der Waals surface area (Å²) < 4.78 is 0. The van der Waals surface area contributed by atoms with Crippen LogP contribution < -0.4 is 0 Å². The highest BCUT2D eigenvalue weighted by molar-refractivity contribution is 8.18. The Bertz CT molecular complexity index is 1430. The minimum Gasteiger partial charge on any atom is -0.339 e. The Morgan fingerprint density at radius 1 is 0.952 bits per heavy atom. The van der Waals surface area contributed by atoms with Gasteiger partial charge in [0.1, 0.15) is 17.0 Å². The highest BCUT2D eigenvalue weighted by Gasteiger charge is 2.49. The van der Waals surface area contributed by atoms with Crippen molar-refractivity contribution in [1.29, 1.82) is 0 Å². The van der Waals surface area contributed by atoms with E-state index in [4.69, 9.17) is 28.2 Å². The summed E-state index contributed by atoms with van der Waals surface area (Å²) in [4.78, 5) is 42.1. The van der Waals surface area contributed by atoms with Gasteiger partial charge >= 0.3 is 0 Å². The monoisotopic (exact) mass is 625 g/mol. The van der Waals surface area contributed by atoms with E-state index in [1.165, 1.54) is 11.8 Å². The van der Waals surface area contributed by atoms with E-state index in [1.807, 2.05) is 58.3 Å². The van der Waals surface area contributed by atoms with Crippen LogP contribution in [0.3, 0.4) is 0 Å². The molecule has 0 unspecified atom stereocenters. The zero-order chi connectivity index (χ0) is 29.7. The molecule has 2 fully saturated rings. The van der Waals surface area contributed by atoms with Crippen LogP contribution in [0.1, 0.15) is 56.3 Å². The third kappa shape index (κ3) is 5.36. The Hall–Kier alpha value is -2.52. The fraction of sp³-hybridized carbons (Fsp3) is 0.469. The van der Waals surface area contributed by atoms with Gasteiger partial charge in [0.25, 0.3) is 5.91 Å². The van der Waals surface area contributed by atoms with Crippen LogP contribution in [0.15, 0.2) is 64.1 Å². The van der Waals surface area contributed by atoms with Gasteiger partial charge in [-0.2, -0.15) is 0 Å². The number of fused-ring (bicyclic) bond motifs is 1. The van der Waals surface area contributed by atoms with Crippen LogP contribution in [-0.4, -0.2) is 82.4 Å². The molecule has 0 radical (unpaired) electrons. The van der Waals surface area contributed by atoms with Gasteiger partial charge in [-0.1, -0.05) is 61.3 Å². The van der Waals surface area contributed by atoms with Gasteiger partial charge in [0.2, 0.25) is 5.91 Å². The number of hydrogen-bond acceptors (Lipinski definition) is 6. The third-order valence-corrected chi connectivity index (χ3v) is 10.5. The van der Waals surface area contributed by atoms with E-state index in [0.717, 1.165) is 47.9 Å². The first-order valence-corrected chi connectivity index (χ1v) is 16.3. The molecule has 10 heteroatoms. The second-order valence-corrected chi connectivity index (χ2v) is 13.9. The predicted octanol–water partition coefficient (Wildman–Crippen LogP) is 6.22. The zero-order valence-corrected chi connectivity index (χ0v) is 26.8. The van der Waals surface area contributed by atoms with Crippen LogP contribution in [0.4, 0.5) is 0 Å². The number of halogens is 2. The van der Waals surface area contributed by atoms with E-state index in [-0.39, 0.29) is 29.8 Å². The summed E-state index contributed by atoms with van der Waals surface area (Å²) in [5.41, 5.74) is 3.10. The SMILES string of the molecule is CC(C)C1=C(C(=O)N2CCC[C@H]2C(=O)N2CC[C@H](N(C)C)C2)SC2=N[C@@H](c3ccc(Cl)cc3)[C@@H](c3ccc(Cl)cc3)N21. The highest BCUT2D eigenvalue weighted by atomic mass is 35.5. The maximum Gasteiger partial charge on any atom is 0.263 e.